The van der Waals surface area contributed by atoms with E-state index < -0.39 is 0 Å². The maximum absolute atomic E-state index is 12.7. The van der Waals surface area contributed by atoms with E-state index in [1.165, 1.54) is 0 Å². The van der Waals surface area contributed by atoms with E-state index in [-0.39, 0.29) is 18.1 Å². The molecule has 3 rings (SSSR count). The molecule has 0 radical (unpaired) electrons. The summed E-state index contributed by atoms with van der Waals surface area (Å²) in [5.74, 6) is 0.114. The van der Waals surface area contributed by atoms with Gasteiger partial charge in [0.15, 0.2) is 0 Å². The molecule has 2 N–H and O–H groups in total. The van der Waals surface area contributed by atoms with Crippen molar-refractivity contribution in [3.05, 3.63) is 34.9 Å². The van der Waals surface area contributed by atoms with Gasteiger partial charge in [0.25, 0.3) is 5.91 Å². The van der Waals surface area contributed by atoms with Crippen LogP contribution in [0.2, 0.25) is 5.02 Å². The number of amides is 1. The van der Waals surface area contributed by atoms with Gasteiger partial charge < -0.3 is 15.4 Å². The summed E-state index contributed by atoms with van der Waals surface area (Å²) in [6.45, 7) is 1.12. The molecule has 1 amide bonds. The monoisotopic (exact) mass is 308 g/mol. The van der Waals surface area contributed by atoms with E-state index >= 15 is 0 Å². The number of hydrogen-bond acceptors (Lipinski definition) is 3. The Bertz CT molecular complexity index is 502. The zero-order valence-electron chi connectivity index (χ0n) is 12.0. The average molecular weight is 309 g/mol. The molecule has 5 heteroatoms. The number of hydrogen-bond donors (Lipinski definition) is 1. The Hall–Kier alpha value is -1.10. The minimum Gasteiger partial charge on any atom is -0.364 e. The number of nitrogens with zero attached hydrogens (tertiary/aromatic N) is 1. The fraction of sp³-hybridized carbons (Fsp3) is 0.562. The van der Waals surface area contributed by atoms with E-state index in [1.807, 2.05) is 29.2 Å². The fourth-order valence-corrected chi connectivity index (χ4v) is 2.93. The van der Waals surface area contributed by atoms with Gasteiger partial charge in [0.1, 0.15) is 6.10 Å². The molecule has 2 aliphatic rings. The number of benzene rings is 1. The first-order valence-electron chi connectivity index (χ1n) is 7.58. The molecule has 21 heavy (non-hydrogen) atoms. The van der Waals surface area contributed by atoms with Crippen LogP contribution in [0, 0.1) is 0 Å². The summed E-state index contributed by atoms with van der Waals surface area (Å²) in [6, 6.07) is 8.05. The maximum atomic E-state index is 12.7. The van der Waals surface area contributed by atoms with Gasteiger partial charge in [-0.05, 0) is 43.4 Å². The summed E-state index contributed by atoms with van der Waals surface area (Å²) in [4.78, 5) is 14.7. The molecule has 4 nitrogen and oxygen atoms in total. The second kappa shape index (κ2) is 6.34. The number of halogens is 1. The number of carbonyl (C=O) groups is 1. The molecular weight excluding hydrogens is 288 g/mol. The van der Waals surface area contributed by atoms with E-state index in [4.69, 9.17) is 22.1 Å². The van der Waals surface area contributed by atoms with Gasteiger partial charge in [-0.25, -0.2) is 0 Å². The van der Waals surface area contributed by atoms with Gasteiger partial charge in [-0.15, -0.1) is 0 Å². The highest BCUT2D eigenvalue weighted by atomic mass is 35.5. The first kappa shape index (κ1) is 14.8. The molecule has 0 aromatic heterocycles. The second-order valence-electron chi connectivity index (χ2n) is 5.88. The molecule has 114 valence electrons. The lowest BCUT2D eigenvalue weighted by molar-refractivity contribution is -0.144. The third-order valence-corrected chi connectivity index (χ3v) is 4.43. The fourth-order valence-electron chi connectivity index (χ4n) is 2.81. The van der Waals surface area contributed by atoms with Crippen molar-refractivity contribution in [2.75, 3.05) is 6.54 Å². The van der Waals surface area contributed by atoms with Gasteiger partial charge in [-0.1, -0.05) is 23.7 Å². The van der Waals surface area contributed by atoms with Crippen LogP contribution < -0.4 is 5.73 Å². The molecular formula is C16H21ClN2O2. The number of nitrogens with two attached hydrogens (primary N) is 1. The Morgan fingerprint density at radius 2 is 1.95 bits per heavy atom. The first-order chi connectivity index (χ1) is 10.2. The molecule has 2 fully saturated rings. The third-order valence-electron chi connectivity index (χ3n) is 4.18. The Balaban J connectivity index is 1.67. The zero-order valence-corrected chi connectivity index (χ0v) is 12.8. The van der Waals surface area contributed by atoms with Gasteiger partial charge >= 0.3 is 0 Å². The van der Waals surface area contributed by atoms with E-state index in [0.29, 0.717) is 24.2 Å². The van der Waals surface area contributed by atoms with Gasteiger partial charge in [0.05, 0.1) is 6.10 Å². The van der Waals surface area contributed by atoms with Crippen LogP contribution >= 0.6 is 11.6 Å². The molecule has 1 aliphatic carbocycles. The Morgan fingerprint density at radius 1 is 1.24 bits per heavy atom. The van der Waals surface area contributed by atoms with E-state index in [2.05, 4.69) is 0 Å². The highest BCUT2D eigenvalue weighted by Crippen LogP contribution is 2.31. The third kappa shape index (κ3) is 3.57. The van der Waals surface area contributed by atoms with Crippen LogP contribution in [0.15, 0.2) is 24.3 Å². The quantitative estimate of drug-likeness (QED) is 0.908. The predicted octanol–water partition coefficient (Wildman–Crippen LogP) is 2.34. The van der Waals surface area contributed by atoms with E-state index in [1.54, 1.807) is 0 Å². The standard InChI is InChI=1S/C16H21ClN2O2/c17-12-3-1-11(2-4-12)10-19(13-5-6-13)16(20)15-8-7-14(9-18)21-15/h1-4,13-15H,5-10,18H2. The van der Waals surface area contributed by atoms with Crippen LogP contribution in [0.1, 0.15) is 31.2 Å². The summed E-state index contributed by atoms with van der Waals surface area (Å²) < 4.78 is 5.75. The molecule has 1 saturated carbocycles. The van der Waals surface area contributed by atoms with Crippen molar-refractivity contribution in [3.63, 3.8) is 0 Å². The highest BCUT2D eigenvalue weighted by Gasteiger charge is 2.39. The molecule has 1 aromatic rings. The smallest absolute Gasteiger partial charge is 0.252 e. The van der Waals surface area contributed by atoms with Gasteiger partial charge in [0.2, 0.25) is 0 Å². The van der Waals surface area contributed by atoms with Crippen LogP contribution in [0.3, 0.4) is 0 Å². The number of ether oxygens (including phenoxy) is 1. The van der Waals surface area contributed by atoms with Gasteiger partial charge in [-0.3, -0.25) is 4.79 Å². The molecule has 2 atom stereocenters. The first-order valence-corrected chi connectivity index (χ1v) is 7.95. The van der Waals surface area contributed by atoms with Gasteiger partial charge in [-0.2, -0.15) is 0 Å². The maximum Gasteiger partial charge on any atom is 0.252 e. The molecule has 1 saturated heterocycles. The topological polar surface area (TPSA) is 55.6 Å². The second-order valence-corrected chi connectivity index (χ2v) is 6.32. The predicted molar refractivity (Wildman–Crippen MR) is 82.0 cm³/mol. The van der Waals surface area contributed by atoms with Crippen molar-refractivity contribution in [3.8, 4) is 0 Å². The number of carbonyl (C=O) groups excluding carboxylic acids is 1. The molecule has 0 spiro atoms. The largest absolute Gasteiger partial charge is 0.364 e. The molecule has 1 aromatic carbocycles. The molecule has 2 unspecified atom stereocenters. The highest BCUT2D eigenvalue weighted by molar-refractivity contribution is 6.30. The van der Waals surface area contributed by atoms with Crippen molar-refractivity contribution in [2.45, 2.75) is 50.5 Å². The van der Waals surface area contributed by atoms with Crippen LogP contribution in [0.25, 0.3) is 0 Å². The van der Waals surface area contributed by atoms with E-state index in [0.717, 1.165) is 31.2 Å². The normalized spacial score (nSPS) is 25.0. The lowest BCUT2D eigenvalue weighted by atomic mass is 10.1. The van der Waals surface area contributed by atoms with Gasteiger partial charge in [0, 0.05) is 24.2 Å². The molecule has 0 bridgehead atoms. The lowest BCUT2D eigenvalue weighted by Gasteiger charge is -2.25. The Labute approximate surface area is 130 Å². The van der Waals surface area contributed by atoms with Crippen LogP contribution in [-0.2, 0) is 16.1 Å². The Kier molecular flexibility index (Phi) is 4.48. The van der Waals surface area contributed by atoms with Crippen LogP contribution in [0.5, 0.6) is 0 Å². The molecule has 1 heterocycles. The van der Waals surface area contributed by atoms with Crippen molar-refractivity contribution in [2.24, 2.45) is 5.73 Å². The summed E-state index contributed by atoms with van der Waals surface area (Å²) in [5, 5.41) is 0.716. The summed E-state index contributed by atoms with van der Waals surface area (Å²) >= 11 is 5.91. The van der Waals surface area contributed by atoms with Crippen molar-refractivity contribution in [1.29, 1.82) is 0 Å². The molecule has 1 aliphatic heterocycles. The van der Waals surface area contributed by atoms with Crippen molar-refractivity contribution < 1.29 is 9.53 Å². The zero-order chi connectivity index (χ0) is 14.8. The van der Waals surface area contributed by atoms with Crippen LogP contribution in [-0.4, -0.2) is 35.6 Å². The minimum absolute atomic E-state index is 0.0375. The minimum atomic E-state index is -0.313. The SMILES string of the molecule is NCC1CCC(C(=O)N(Cc2ccc(Cl)cc2)C2CC2)O1. The van der Waals surface area contributed by atoms with Crippen LogP contribution in [0.4, 0.5) is 0 Å². The Morgan fingerprint density at radius 3 is 2.52 bits per heavy atom. The number of rotatable bonds is 5. The average Bonchev–Trinajstić information content (AvgIpc) is 3.22. The summed E-state index contributed by atoms with van der Waals surface area (Å²) in [5.41, 5.74) is 6.72. The van der Waals surface area contributed by atoms with Crippen molar-refractivity contribution >= 4 is 17.5 Å². The van der Waals surface area contributed by atoms with Crippen molar-refractivity contribution in [1.82, 2.24) is 4.90 Å². The summed E-state index contributed by atoms with van der Waals surface area (Å²) in [6.07, 6.45) is 3.57. The van der Waals surface area contributed by atoms with E-state index in [9.17, 15) is 4.79 Å². The lowest BCUT2D eigenvalue weighted by Crippen LogP contribution is -2.40. The summed E-state index contributed by atoms with van der Waals surface area (Å²) in [7, 11) is 0.